The second kappa shape index (κ2) is 10.7. The van der Waals surface area contributed by atoms with Crippen molar-refractivity contribution in [3.8, 4) is 5.75 Å². The highest BCUT2D eigenvalue weighted by molar-refractivity contribution is 9.10. The van der Waals surface area contributed by atoms with Gasteiger partial charge in [-0.2, -0.15) is 0 Å². The number of aromatic hydroxyl groups is 1. The summed E-state index contributed by atoms with van der Waals surface area (Å²) < 4.78 is 14.4. The van der Waals surface area contributed by atoms with E-state index in [9.17, 15) is 38.7 Å². The minimum absolute atomic E-state index is 0.0436. The molecule has 3 fully saturated rings. The number of phenols is 1. The molecular formula is C32H23BBrCl2FN2O7. The zero-order valence-corrected chi connectivity index (χ0v) is 26.7. The molecule has 14 heteroatoms. The van der Waals surface area contributed by atoms with Crippen LogP contribution in [0.25, 0.3) is 0 Å². The van der Waals surface area contributed by atoms with Crippen molar-refractivity contribution in [2.45, 2.75) is 28.5 Å². The Bertz CT molecular complexity index is 1890. The van der Waals surface area contributed by atoms with E-state index in [4.69, 9.17) is 23.2 Å². The fourth-order valence-corrected chi connectivity index (χ4v) is 8.89. The molecule has 3 aromatic rings. The average Bonchev–Trinajstić information content (AvgIpc) is 3.37. The number of carbonyl (C=O) groups is 4. The molecule has 0 unspecified atom stereocenters. The first-order chi connectivity index (χ1) is 21.8. The molecule has 0 aromatic heterocycles. The van der Waals surface area contributed by atoms with Crippen molar-refractivity contribution in [1.29, 1.82) is 0 Å². The molecule has 0 bridgehead atoms. The van der Waals surface area contributed by atoms with E-state index in [1.165, 1.54) is 42.5 Å². The predicted octanol–water partition coefficient (Wildman–Crippen LogP) is 3.74. The summed E-state index contributed by atoms with van der Waals surface area (Å²) in [7, 11) is -1.83. The third-order valence-corrected chi connectivity index (χ3v) is 11.5. The Morgan fingerprint density at radius 3 is 2.28 bits per heavy atom. The smallest absolute Gasteiger partial charge is 0.488 e. The first kappa shape index (κ1) is 31.1. The second-order valence-electron chi connectivity index (χ2n) is 11.9. The van der Waals surface area contributed by atoms with Gasteiger partial charge in [0.15, 0.2) is 9.75 Å². The molecule has 46 heavy (non-hydrogen) atoms. The Kier molecular flexibility index (Phi) is 7.26. The molecule has 3 N–H and O–H groups in total. The Labute approximate surface area is 280 Å². The van der Waals surface area contributed by atoms with Crippen LogP contribution in [0.15, 0.2) is 82.9 Å². The van der Waals surface area contributed by atoms with Gasteiger partial charge in [0.1, 0.15) is 11.6 Å². The lowest BCUT2D eigenvalue weighted by molar-refractivity contribution is -0.125. The van der Waals surface area contributed by atoms with Crippen molar-refractivity contribution in [3.05, 3.63) is 94.2 Å². The maximum Gasteiger partial charge on any atom is 0.488 e. The van der Waals surface area contributed by atoms with Gasteiger partial charge >= 0.3 is 7.12 Å². The summed E-state index contributed by atoms with van der Waals surface area (Å²) in [5.74, 6) is -7.58. The Balaban J connectivity index is 1.39. The van der Waals surface area contributed by atoms with Crippen molar-refractivity contribution in [2.75, 3.05) is 9.80 Å². The van der Waals surface area contributed by atoms with Gasteiger partial charge in [-0.25, -0.2) is 9.29 Å². The maximum atomic E-state index is 14.4. The molecule has 234 valence electrons. The van der Waals surface area contributed by atoms with Crippen LogP contribution < -0.4 is 15.3 Å². The molecule has 4 amide bonds. The summed E-state index contributed by atoms with van der Waals surface area (Å²) in [6.07, 6.45) is 1.54. The van der Waals surface area contributed by atoms with E-state index in [0.29, 0.717) is 10.0 Å². The lowest BCUT2D eigenvalue weighted by Crippen LogP contribution is -2.60. The summed E-state index contributed by atoms with van der Waals surface area (Å²) >= 11 is 18.0. The molecule has 9 nitrogen and oxygen atoms in total. The van der Waals surface area contributed by atoms with Gasteiger partial charge in [-0.05, 0) is 78.8 Å². The maximum absolute atomic E-state index is 14.4. The standard InChI is InChI=1S/C32H23BBrCl2FN2O7/c34-16-4-11-24(40)22(13-16)26-20-9-10-21-25(28(42)38(27(21)41)19-3-1-2-15(12-19)33(45)46)23(20)14-31(35)29(43)39(30(44)32(26,31)36)18-7-5-17(37)6-8-18/h1-9,11-13,21,23,25-26,40,45-46H,10,14H2/t21-,23+,25-,26+,31+,32-/m0/s1. The molecule has 0 radical (unpaired) electrons. The number of hydrogen-bond acceptors (Lipinski definition) is 7. The fraction of sp³-hybridized carbons (Fsp3) is 0.250. The molecular weight excluding hydrogens is 705 g/mol. The van der Waals surface area contributed by atoms with E-state index in [1.807, 2.05) is 0 Å². The molecule has 2 heterocycles. The number of rotatable bonds is 4. The molecule has 2 aliphatic carbocycles. The van der Waals surface area contributed by atoms with Crippen molar-refractivity contribution >= 4 is 86.7 Å². The predicted molar refractivity (Wildman–Crippen MR) is 171 cm³/mol. The normalized spacial score (nSPS) is 30.3. The number of fused-ring (bicyclic) bond motifs is 4. The first-order valence-electron chi connectivity index (χ1n) is 14.3. The van der Waals surface area contributed by atoms with Gasteiger partial charge < -0.3 is 15.2 Å². The zero-order valence-electron chi connectivity index (χ0n) is 23.6. The molecule has 2 aliphatic heterocycles. The molecule has 0 spiro atoms. The van der Waals surface area contributed by atoms with Gasteiger partial charge in [-0.1, -0.05) is 39.7 Å². The Morgan fingerprint density at radius 1 is 0.870 bits per heavy atom. The number of imide groups is 2. The summed E-state index contributed by atoms with van der Waals surface area (Å²) in [6.45, 7) is 0. The summed E-state index contributed by atoms with van der Waals surface area (Å²) in [4.78, 5) is 54.2. The van der Waals surface area contributed by atoms with E-state index < -0.39 is 70.0 Å². The van der Waals surface area contributed by atoms with Crippen LogP contribution >= 0.6 is 39.1 Å². The summed E-state index contributed by atoms with van der Waals surface area (Å²) in [6, 6.07) is 15.0. The molecule has 3 aromatic carbocycles. The lowest BCUT2D eigenvalue weighted by atomic mass is 9.56. The highest BCUT2D eigenvalue weighted by Crippen LogP contribution is 2.66. The van der Waals surface area contributed by atoms with Crippen LogP contribution in [-0.4, -0.2) is 55.7 Å². The monoisotopic (exact) mass is 726 g/mol. The molecule has 7 rings (SSSR count). The topological polar surface area (TPSA) is 135 Å². The summed E-state index contributed by atoms with van der Waals surface area (Å²) in [5.41, 5.74) is 0.935. The number of alkyl halides is 2. The van der Waals surface area contributed by atoms with E-state index in [0.717, 1.165) is 21.9 Å². The molecule has 2 saturated heterocycles. The number of phenolic OH excluding ortho intramolecular Hbond substituents is 1. The SMILES string of the molecule is O=C1[C@H]2[C@H](CC=C3[C@H]2C[C@@]2(Cl)C(=O)N(c4ccc(F)cc4)C(=O)[C@@]2(Cl)[C@H]3c2cc(Br)ccc2O)C(=O)N1c1cccc(B(O)O)c1. The third-order valence-electron chi connectivity index (χ3n) is 9.62. The van der Waals surface area contributed by atoms with Crippen LogP contribution in [0.4, 0.5) is 15.8 Å². The number of carbonyl (C=O) groups excluding carboxylic acids is 4. The van der Waals surface area contributed by atoms with Crippen molar-refractivity contribution < 1.29 is 38.7 Å². The lowest BCUT2D eigenvalue weighted by Gasteiger charge is -2.50. The third kappa shape index (κ3) is 4.20. The number of anilines is 2. The average molecular weight is 728 g/mol. The van der Waals surface area contributed by atoms with E-state index >= 15 is 0 Å². The highest BCUT2D eigenvalue weighted by atomic mass is 79.9. The van der Waals surface area contributed by atoms with Crippen LogP contribution in [0.5, 0.6) is 5.75 Å². The minimum atomic E-state index is -2.19. The Hall–Kier alpha value is -3.55. The Morgan fingerprint density at radius 2 is 1.59 bits per heavy atom. The number of amides is 4. The quantitative estimate of drug-likeness (QED) is 0.161. The van der Waals surface area contributed by atoms with E-state index in [-0.39, 0.29) is 41.0 Å². The van der Waals surface area contributed by atoms with E-state index in [1.54, 1.807) is 18.2 Å². The van der Waals surface area contributed by atoms with Gasteiger partial charge in [-0.3, -0.25) is 24.1 Å². The molecule has 6 atom stereocenters. The van der Waals surface area contributed by atoms with Gasteiger partial charge in [0.25, 0.3) is 11.8 Å². The highest BCUT2D eigenvalue weighted by Gasteiger charge is 2.77. The largest absolute Gasteiger partial charge is 0.508 e. The van der Waals surface area contributed by atoms with Crippen LogP contribution in [-0.2, 0) is 19.2 Å². The number of allylic oxidation sites excluding steroid dienone is 2. The van der Waals surface area contributed by atoms with Crippen molar-refractivity contribution in [2.24, 2.45) is 17.8 Å². The van der Waals surface area contributed by atoms with Gasteiger partial charge in [0, 0.05) is 16.0 Å². The van der Waals surface area contributed by atoms with Crippen molar-refractivity contribution in [1.82, 2.24) is 0 Å². The van der Waals surface area contributed by atoms with Crippen molar-refractivity contribution in [3.63, 3.8) is 0 Å². The zero-order chi connectivity index (χ0) is 32.9. The minimum Gasteiger partial charge on any atom is -0.508 e. The second-order valence-corrected chi connectivity index (χ2v) is 14.1. The van der Waals surface area contributed by atoms with Crippen LogP contribution in [0.3, 0.4) is 0 Å². The van der Waals surface area contributed by atoms with Gasteiger partial charge in [-0.15, -0.1) is 23.2 Å². The summed E-state index contributed by atoms with van der Waals surface area (Å²) in [5, 5.41) is 30.5. The van der Waals surface area contributed by atoms with E-state index in [2.05, 4.69) is 15.9 Å². The van der Waals surface area contributed by atoms with Crippen LogP contribution in [0.1, 0.15) is 24.3 Å². The molecule has 1 saturated carbocycles. The number of hydrogen-bond donors (Lipinski definition) is 3. The molecule has 4 aliphatic rings. The van der Waals surface area contributed by atoms with Gasteiger partial charge in [0.05, 0.1) is 23.2 Å². The fourth-order valence-electron chi connectivity index (χ4n) is 7.58. The van der Waals surface area contributed by atoms with Crippen LogP contribution in [0, 0.1) is 23.6 Å². The first-order valence-corrected chi connectivity index (χ1v) is 15.9. The number of halogens is 4. The number of nitrogens with zero attached hydrogens (tertiary/aromatic N) is 2. The number of benzene rings is 3. The van der Waals surface area contributed by atoms with Gasteiger partial charge in [0.2, 0.25) is 11.8 Å². The van der Waals surface area contributed by atoms with Crippen LogP contribution in [0.2, 0.25) is 0 Å².